The van der Waals surface area contributed by atoms with Gasteiger partial charge in [-0.25, -0.2) is 0 Å². The molecule has 1 rings (SSSR count). The molecule has 2 heteroatoms. The van der Waals surface area contributed by atoms with Crippen molar-refractivity contribution in [2.45, 2.75) is 39.0 Å². The predicted molar refractivity (Wildman–Crippen MR) is 51.1 cm³/mol. The number of aliphatic hydroxyl groups is 1. The summed E-state index contributed by atoms with van der Waals surface area (Å²) in [6, 6.07) is 0. The van der Waals surface area contributed by atoms with Crippen molar-refractivity contribution >= 4 is 0 Å². The Morgan fingerprint density at radius 3 is 2.58 bits per heavy atom. The van der Waals surface area contributed by atoms with E-state index in [1.807, 2.05) is 0 Å². The molecule has 0 aromatic rings. The van der Waals surface area contributed by atoms with Crippen LogP contribution in [0.3, 0.4) is 0 Å². The first kappa shape index (κ1) is 10.0. The lowest BCUT2D eigenvalue weighted by molar-refractivity contribution is 0.282. The van der Waals surface area contributed by atoms with E-state index in [0.29, 0.717) is 12.0 Å². The summed E-state index contributed by atoms with van der Waals surface area (Å²) in [6.07, 6.45) is 6.11. The summed E-state index contributed by atoms with van der Waals surface area (Å²) in [6.45, 7) is 4.99. The quantitative estimate of drug-likeness (QED) is 0.569. The van der Waals surface area contributed by atoms with Crippen LogP contribution in [0.1, 0.15) is 39.0 Å². The fourth-order valence-electron chi connectivity index (χ4n) is 1.32. The molecule has 0 heterocycles. The molecule has 0 atom stereocenters. The molecule has 0 aromatic heterocycles. The Balaban J connectivity index is 1.77. The van der Waals surface area contributed by atoms with Crippen molar-refractivity contribution in [2.24, 2.45) is 5.41 Å². The van der Waals surface area contributed by atoms with Crippen molar-refractivity contribution < 1.29 is 5.11 Å². The van der Waals surface area contributed by atoms with Gasteiger partial charge in [0.1, 0.15) is 0 Å². The van der Waals surface area contributed by atoms with E-state index in [2.05, 4.69) is 12.2 Å². The van der Waals surface area contributed by atoms with E-state index in [0.717, 1.165) is 19.4 Å². The minimum absolute atomic E-state index is 0.345. The van der Waals surface area contributed by atoms with Gasteiger partial charge in [-0.15, -0.1) is 0 Å². The van der Waals surface area contributed by atoms with Gasteiger partial charge in [-0.3, -0.25) is 0 Å². The van der Waals surface area contributed by atoms with Gasteiger partial charge in [-0.1, -0.05) is 6.92 Å². The normalized spacial score (nSPS) is 19.5. The van der Waals surface area contributed by atoms with Crippen molar-refractivity contribution in [1.29, 1.82) is 0 Å². The molecule has 0 radical (unpaired) electrons. The monoisotopic (exact) mass is 171 g/mol. The molecular formula is C10H21NO. The van der Waals surface area contributed by atoms with Crippen LogP contribution in [0, 0.1) is 5.41 Å². The maximum atomic E-state index is 8.54. The zero-order valence-corrected chi connectivity index (χ0v) is 8.10. The third-order valence-electron chi connectivity index (χ3n) is 2.67. The van der Waals surface area contributed by atoms with Crippen molar-refractivity contribution in [3.8, 4) is 0 Å². The summed E-state index contributed by atoms with van der Waals surface area (Å²) in [5.74, 6) is 0. The summed E-state index contributed by atoms with van der Waals surface area (Å²) >= 11 is 0. The number of unbranched alkanes of at least 4 members (excludes halogenated alkanes) is 2. The summed E-state index contributed by atoms with van der Waals surface area (Å²) in [4.78, 5) is 0. The third-order valence-corrected chi connectivity index (χ3v) is 2.67. The fraction of sp³-hybridized carbons (Fsp3) is 1.00. The van der Waals surface area contributed by atoms with Crippen LogP contribution in [0.2, 0.25) is 0 Å². The van der Waals surface area contributed by atoms with Crippen molar-refractivity contribution in [1.82, 2.24) is 5.32 Å². The first-order chi connectivity index (χ1) is 5.77. The minimum atomic E-state index is 0.345. The van der Waals surface area contributed by atoms with Crippen molar-refractivity contribution in [2.75, 3.05) is 19.7 Å². The number of rotatable bonds is 7. The standard InChI is InChI=1S/C10H21NO/c1-10(5-6-10)9-11-7-3-2-4-8-12/h11-12H,2-9H2,1H3. The smallest absolute Gasteiger partial charge is 0.0431 e. The van der Waals surface area contributed by atoms with Crippen LogP contribution < -0.4 is 5.32 Å². The molecule has 72 valence electrons. The highest BCUT2D eigenvalue weighted by Gasteiger charge is 2.36. The highest BCUT2D eigenvalue weighted by Crippen LogP contribution is 2.43. The number of hydrogen-bond donors (Lipinski definition) is 2. The molecule has 1 aliphatic carbocycles. The lowest BCUT2D eigenvalue weighted by Crippen LogP contribution is -2.22. The fourth-order valence-corrected chi connectivity index (χ4v) is 1.32. The molecule has 0 spiro atoms. The molecule has 0 unspecified atom stereocenters. The highest BCUT2D eigenvalue weighted by atomic mass is 16.2. The molecular weight excluding hydrogens is 150 g/mol. The average Bonchev–Trinajstić information content (AvgIpc) is 2.77. The van der Waals surface area contributed by atoms with Gasteiger partial charge >= 0.3 is 0 Å². The van der Waals surface area contributed by atoms with Gasteiger partial charge in [0.25, 0.3) is 0 Å². The van der Waals surface area contributed by atoms with Crippen molar-refractivity contribution in [3.63, 3.8) is 0 Å². The number of nitrogens with one attached hydrogen (secondary N) is 1. The highest BCUT2D eigenvalue weighted by molar-refractivity contribution is 4.90. The molecule has 12 heavy (non-hydrogen) atoms. The minimum Gasteiger partial charge on any atom is -0.396 e. The molecule has 2 nitrogen and oxygen atoms in total. The van der Waals surface area contributed by atoms with E-state index in [4.69, 9.17) is 5.11 Å². The third kappa shape index (κ3) is 4.07. The van der Waals surface area contributed by atoms with Crippen LogP contribution >= 0.6 is 0 Å². The van der Waals surface area contributed by atoms with Gasteiger partial charge in [0.2, 0.25) is 0 Å². The van der Waals surface area contributed by atoms with Crippen LogP contribution in [-0.4, -0.2) is 24.8 Å². The maximum absolute atomic E-state index is 8.54. The predicted octanol–water partition coefficient (Wildman–Crippen LogP) is 1.54. The Hall–Kier alpha value is -0.0800. The van der Waals surface area contributed by atoms with E-state index >= 15 is 0 Å². The second-order valence-corrected chi connectivity index (χ2v) is 4.27. The largest absolute Gasteiger partial charge is 0.396 e. The second kappa shape index (κ2) is 4.83. The average molecular weight is 171 g/mol. The summed E-state index contributed by atoms with van der Waals surface area (Å²) in [5.41, 5.74) is 0.636. The van der Waals surface area contributed by atoms with Gasteiger partial charge < -0.3 is 10.4 Å². The Labute approximate surface area is 75.4 Å². The zero-order chi connectivity index (χ0) is 8.86. The number of aliphatic hydroxyl groups excluding tert-OH is 1. The molecule has 1 saturated carbocycles. The lowest BCUT2D eigenvalue weighted by Gasteiger charge is -2.09. The molecule has 1 fully saturated rings. The Morgan fingerprint density at radius 2 is 2.00 bits per heavy atom. The van der Waals surface area contributed by atoms with Crippen LogP contribution in [0.15, 0.2) is 0 Å². The van der Waals surface area contributed by atoms with Crippen LogP contribution in [0.4, 0.5) is 0 Å². The first-order valence-corrected chi connectivity index (χ1v) is 5.08. The van der Waals surface area contributed by atoms with E-state index in [1.54, 1.807) is 0 Å². The molecule has 1 aliphatic rings. The second-order valence-electron chi connectivity index (χ2n) is 4.27. The van der Waals surface area contributed by atoms with E-state index in [1.165, 1.54) is 25.8 Å². The first-order valence-electron chi connectivity index (χ1n) is 5.08. The van der Waals surface area contributed by atoms with Crippen molar-refractivity contribution in [3.05, 3.63) is 0 Å². The lowest BCUT2D eigenvalue weighted by atomic mass is 10.1. The molecule has 0 aromatic carbocycles. The molecule has 0 amide bonds. The van der Waals surface area contributed by atoms with E-state index < -0.39 is 0 Å². The molecule has 0 aliphatic heterocycles. The van der Waals surface area contributed by atoms with Gasteiger partial charge in [0, 0.05) is 13.2 Å². The summed E-state index contributed by atoms with van der Waals surface area (Å²) < 4.78 is 0. The Morgan fingerprint density at radius 1 is 1.25 bits per heavy atom. The molecule has 0 saturated heterocycles. The van der Waals surface area contributed by atoms with Crippen LogP contribution in [-0.2, 0) is 0 Å². The van der Waals surface area contributed by atoms with Gasteiger partial charge in [-0.2, -0.15) is 0 Å². The topological polar surface area (TPSA) is 32.3 Å². The van der Waals surface area contributed by atoms with E-state index in [9.17, 15) is 0 Å². The summed E-state index contributed by atoms with van der Waals surface area (Å²) in [7, 11) is 0. The summed E-state index contributed by atoms with van der Waals surface area (Å²) in [5, 5.41) is 12.0. The Bertz CT molecular complexity index is 121. The molecule has 0 bridgehead atoms. The van der Waals surface area contributed by atoms with Crippen LogP contribution in [0.25, 0.3) is 0 Å². The maximum Gasteiger partial charge on any atom is 0.0431 e. The Kier molecular flexibility index (Phi) is 4.02. The zero-order valence-electron chi connectivity index (χ0n) is 8.10. The van der Waals surface area contributed by atoms with Gasteiger partial charge in [0.05, 0.1) is 0 Å². The molecule has 2 N–H and O–H groups in total. The van der Waals surface area contributed by atoms with Gasteiger partial charge in [-0.05, 0) is 44.1 Å². The SMILES string of the molecule is CC1(CNCCCCCO)CC1. The van der Waals surface area contributed by atoms with Crippen LogP contribution in [0.5, 0.6) is 0 Å². The van der Waals surface area contributed by atoms with E-state index in [-0.39, 0.29) is 0 Å². The number of hydrogen-bond acceptors (Lipinski definition) is 2. The van der Waals surface area contributed by atoms with Gasteiger partial charge in [0.15, 0.2) is 0 Å².